The fourth-order valence-electron chi connectivity index (χ4n) is 3.17. The third kappa shape index (κ3) is 13.3. The summed E-state index contributed by atoms with van der Waals surface area (Å²) in [6.07, 6.45) is 0.345. The number of halogens is 2. The topological polar surface area (TPSA) is 85.3 Å². The predicted molar refractivity (Wildman–Crippen MR) is 126 cm³/mol. The summed E-state index contributed by atoms with van der Waals surface area (Å²) in [5, 5.41) is 9.20. The molecule has 1 rings (SSSR count). The first-order valence-electron chi connectivity index (χ1n) is 11.9. The Morgan fingerprint density at radius 1 is 1.09 bits per heavy atom. The first kappa shape index (κ1) is 29.6. The molecule has 0 aliphatic rings. The van der Waals surface area contributed by atoms with Gasteiger partial charge < -0.3 is 24.2 Å². The fourth-order valence-corrected chi connectivity index (χ4v) is 3.17. The molecule has 0 aliphatic carbocycles. The molecule has 0 aromatic heterocycles. The maximum absolute atomic E-state index is 13.0. The summed E-state index contributed by atoms with van der Waals surface area (Å²) < 4.78 is 42.2. The van der Waals surface area contributed by atoms with E-state index in [1.54, 1.807) is 36.1 Å². The van der Waals surface area contributed by atoms with Gasteiger partial charge in [0.2, 0.25) is 5.92 Å². The summed E-state index contributed by atoms with van der Waals surface area (Å²) in [5.74, 6) is -2.88. The molecule has 0 saturated heterocycles. The summed E-state index contributed by atoms with van der Waals surface area (Å²) in [5.41, 5.74) is 0.810. The van der Waals surface area contributed by atoms with Gasteiger partial charge in [-0.25, -0.2) is 18.4 Å². The molecule has 1 aromatic rings. The molecule has 0 heterocycles. The van der Waals surface area contributed by atoms with Crippen LogP contribution in [0.3, 0.4) is 0 Å². The van der Waals surface area contributed by atoms with Crippen LogP contribution in [0.4, 0.5) is 13.6 Å². The lowest BCUT2D eigenvalue weighted by molar-refractivity contribution is -0.149. The van der Waals surface area contributed by atoms with Crippen LogP contribution in [0.1, 0.15) is 58.9 Å². The molecular formula is C25H39F2NO6. The number of rotatable bonds is 17. The van der Waals surface area contributed by atoms with Crippen LogP contribution in [-0.2, 0) is 20.7 Å². The van der Waals surface area contributed by atoms with Crippen molar-refractivity contribution in [2.24, 2.45) is 5.92 Å². The van der Waals surface area contributed by atoms with Gasteiger partial charge in [-0.2, -0.15) is 0 Å². The third-order valence-electron chi connectivity index (χ3n) is 4.96. The summed E-state index contributed by atoms with van der Waals surface area (Å²) >= 11 is 0. The van der Waals surface area contributed by atoms with Crippen LogP contribution in [-0.4, -0.2) is 67.0 Å². The number of hydrogen-bond acceptors (Lipinski definition) is 5. The number of amides is 1. The van der Waals surface area contributed by atoms with E-state index in [1.165, 1.54) is 0 Å². The van der Waals surface area contributed by atoms with Gasteiger partial charge in [-0.15, -0.1) is 0 Å². The quantitative estimate of drug-likeness (QED) is 0.296. The number of unbranched alkanes of at least 4 members (excludes halogenated alkanes) is 2. The molecule has 0 radical (unpaired) electrons. The zero-order valence-electron chi connectivity index (χ0n) is 20.7. The van der Waals surface area contributed by atoms with Gasteiger partial charge in [0.25, 0.3) is 0 Å². The number of ether oxygens (including phenoxy) is 3. The van der Waals surface area contributed by atoms with Crippen LogP contribution in [0.2, 0.25) is 0 Å². The highest BCUT2D eigenvalue weighted by molar-refractivity contribution is 5.72. The molecule has 0 aliphatic heterocycles. The van der Waals surface area contributed by atoms with Crippen molar-refractivity contribution in [3.05, 3.63) is 29.8 Å². The second-order valence-electron chi connectivity index (χ2n) is 8.82. The number of hydrogen-bond donors (Lipinski definition) is 1. The molecule has 194 valence electrons. The molecule has 7 nitrogen and oxygen atoms in total. The monoisotopic (exact) mass is 487 g/mol. The first-order valence-corrected chi connectivity index (χ1v) is 11.9. The normalized spacial score (nSPS) is 12.4. The Morgan fingerprint density at radius 3 is 2.32 bits per heavy atom. The van der Waals surface area contributed by atoms with Crippen molar-refractivity contribution in [3.8, 4) is 5.75 Å². The van der Waals surface area contributed by atoms with Crippen molar-refractivity contribution in [2.75, 3.05) is 32.9 Å². The SMILES string of the molecule is CCOC(Cc1ccc(OCCN(CCCCCC(C)(F)F)C(=O)OCC(C)C)cc1)C(=O)O. The minimum Gasteiger partial charge on any atom is -0.492 e. The van der Waals surface area contributed by atoms with E-state index in [0.29, 0.717) is 51.3 Å². The Labute approximate surface area is 201 Å². The number of aliphatic carboxylic acids is 1. The number of carboxylic acids is 1. The van der Waals surface area contributed by atoms with Crippen molar-refractivity contribution in [3.63, 3.8) is 0 Å². The molecule has 1 unspecified atom stereocenters. The van der Waals surface area contributed by atoms with Gasteiger partial charge in [-0.05, 0) is 50.3 Å². The second-order valence-corrected chi connectivity index (χ2v) is 8.82. The lowest BCUT2D eigenvalue weighted by Gasteiger charge is -2.23. The number of carboxylic acid groups (broad SMARTS) is 1. The average molecular weight is 488 g/mol. The fraction of sp³-hybridized carbons (Fsp3) is 0.680. The van der Waals surface area contributed by atoms with Crippen LogP contribution < -0.4 is 4.74 Å². The molecule has 1 amide bonds. The minimum atomic E-state index is -2.67. The van der Waals surface area contributed by atoms with Gasteiger partial charge in [-0.3, -0.25) is 0 Å². The van der Waals surface area contributed by atoms with E-state index in [1.807, 2.05) is 13.8 Å². The first-order chi connectivity index (χ1) is 16.0. The standard InChI is InChI=1S/C25H39F2NO6/c1-5-32-22(23(29)30)17-20-9-11-21(12-10-20)33-16-15-28(24(31)34-18-19(2)3)14-8-6-7-13-25(4,26)27/h9-12,19,22H,5-8,13-18H2,1-4H3,(H,29,30). The molecule has 34 heavy (non-hydrogen) atoms. The van der Waals surface area contributed by atoms with E-state index in [0.717, 1.165) is 12.5 Å². The summed E-state index contributed by atoms with van der Waals surface area (Å²) in [4.78, 5) is 25.2. The lowest BCUT2D eigenvalue weighted by atomic mass is 10.1. The molecule has 1 atom stereocenters. The highest BCUT2D eigenvalue weighted by Gasteiger charge is 2.21. The third-order valence-corrected chi connectivity index (χ3v) is 4.96. The average Bonchev–Trinajstić information content (AvgIpc) is 2.76. The number of benzene rings is 1. The molecule has 9 heteroatoms. The van der Waals surface area contributed by atoms with Crippen LogP contribution in [0.15, 0.2) is 24.3 Å². The lowest BCUT2D eigenvalue weighted by Crippen LogP contribution is -2.36. The Balaban J connectivity index is 2.55. The van der Waals surface area contributed by atoms with Gasteiger partial charge in [-0.1, -0.05) is 32.4 Å². The Kier molecular flexibility index (Phi) is 13.5. The van der Waals surface area contributed by atoms with Crippen molar-refractivity contribution in [1.82, 2.24) is 4.90 Å². The number of carbonyl (C=O) groups is 2. The minimum absolute atomic E-state index is 0.165. The largest absolute Gasteiger partial charge is 0.492 e. The molecule has 0 bridgehead atoms. The summed E-state index contributed by atoms with van der Waals surface area (Å²) in [6.45, 7) is 8.12. The van der Waals surface area contributed by atoms with Gasteiger partial charge in [0.1, 0.15) is 12.4 Å². The summed E-state index contributed by atoms with van der Waals surface area (Å²) in [6, 6.07) is 7.05. The smallest absolute Gasteiger partial charge is 0.409 e. The number of nitrogens with zero attached hydrogens (tertiary/aromatic N) is 1. The van der Waals surface area contributed by atoms with Crippen molar-refractivity contribution >= 4 is 12.1 Å². The Bertz CT molecular complexity index is 721. The van der Waals surface area contributed by atoms with Crippen LogP contribution in [0, 0.1) is 5.92 Å². The van der Waals surface area contributed by atoms with E-state index in [9.17, 15) is 23.5 Å². The maximum Gasteiger partial charge on any atom is 0.409 e. The molecule has 1 N–H and O–H groups in total. The number of carbonyl (C=O) groups excluding carboxylic acids is 1. The Morgan fingerprint density at radius 2 is 1.76 bits per heavy atom. The van der Waals surface area contributed by atoms with Crippen molar-refractivity contribution in [2.45, 2.75) is 71.8 Å². The van der Waals surface area contributed by atoms with E-state index >= 15 is 0 Å². The van der Waals surface area contributed by atoms with Gasteiger partial charge >= 0.3 is 12.1 Å². The van der Waals surface area contributed by atoms with Crippen LogP contribution in [0.5, 0.6) is 5.75 Å². The summed E-state index contributed by atoms with van der Waals surface area (Å²) in [7, 11) is 0. The van der Waals surface area contributed by atoms with Gasteiger partial charge in [0, 0.05) is 26.0 Å². The van der Waals surface area contributed by atoms with E-state index < -0.39 is 24.1 Å². The molecule has 0 fully saturated rings. The number of alkyl halides is 2. The van der Waals surface area contributed by atoms with Gasteiger partial charge in [0.05, 0.1) is 13.2 Å². The molecule has 1 aromatic carbocycles. The van der Waals surface area contributed by atoms with E-state index in [4.69, 9.17) is 14.2 Å². The zero-order valence-corrected chi connectivity index (χ0v) is 20.7. The van der Waals surface area contributed by atoms with Crippen molar-refractivity contribution < 1.29 is 37.7 Å². The highest BCUT2D eigenvalue weighted by atomic mass is 19.3. The predicted octanol–water partition coefficient (Wildman–Crippen LogP) is 5.41. The molecule has 0 saturated carbocycles. The Hall–Kier alpha value is -2.42. The van der Waals surface area contributed by atoms with Crippen LogP contribution in [0.25, 0.3) is 0 Å². The van der Waals surface area contributed by atoms with E-state index in [2.05, 4.69) is 0 Å². The maximum atomic E-state index is 13.0. The zero-order chi connectivity index (χ0) is 25.6. The van der Waals surface area contributed by atoms with Crippen molar-refractivity contribution in [1.29, 1.82) is 0 Å². The molecular weight excluding hydrogens is 448 g/mol. The molecule has 0 spiro atoms. The van der Waals surface area contributed by atoms with Crippen LogP contribution >= 0.6 is 0 Å². The van der Waals surface area contributed by atoms with Gasteiger partial charge in [0.15, 0.2) is 6.10 Å². The second kappa shape index (κ2) is 15.5. The highest BCUT2D eigenvalue weighted by Crippen LogP contribution is 2.20. The van der Waals surface area contributed by atoms with E-state index in [-0.39, 0.29) is 25.4 Å².